The minimum Gasteiger partial charge on any atom is -0.407 e. The van der Waals surface area contributed by atoms with E-state index in [-0.39, 0.29) is 46.0 Å². The maximum absolute atomic E-state index is 16.7. The van der Waals surface area contributed by atoms with Gasteiger partial charge in [0.1, 0.15) is 36.8 Å². The van der Waals surface area contributed by atoms with Crippen molar-refractivity contribution in [1.82, 2.24) is 43.0 Å². The Morgan fingerprint density at radius 3 is 2.35 bits per heavy atom. The van der Waals surface area contributed by atoms with Crippen molar-refractivity contribution < 1.29 is 65.2 Å². The van der Waals surface area contributed by atoms with Crippen LogP contribution in [-0.4, -0.2) is 129 Å². The van der Waals surface area contributed by atoms with Crippen LogP contribution in [0.4, 0.5) is 15.9 Å². The Kier molecular flexibility index (Phi) is 16.1. The summed E-state index contributed by atoms with van der Waals surface area (Å²) in [6.45, 7) is 7.91. The van der Waals surface area contributed by atoms with E-state index >= 15 is 8.96 Å². The van der Waals surface area contributed by atoms with Gasteiger partial charge in [-0.25, -0.2) is 33.3 Å². The number of amides is 1. The maximum Gasteiger partial charge on any atom is 0.475 e. The van der Waals surface area contributed by atoms with Gasteiger partial charge in [-0.3, -0.25) is 47.0 Å². The number of anilines is 1. The Morgan fingerprint density at radius 1 is 0.974 bits per heavy atom. The van der Waals surface area contributed by atoms with E-state index in [1.54, 1.807) is 53.2 Å². The third-order valence-corrected chi connectivity index (χ3v) is 20.0. The number of rotatable bonds is 21. The molecule has 0 aliphatic carbocycles. The molecule has 2 aliphatic rings. The first kappa shape index (κ1) is 55.2. The van der Waals surface area contributed by atoms with E-state index < -0.39 is 115 Å². The van der Waals surface area contributed by atoms with Gasteiger partial charge in [0.25, 0.3) is 17.2 Å². The van der Waals surface area contributed by atoms with Crippen molar-refractivity contribution in [2.45, 2.75) is 107 Å². The molecule has 2 aromatic carbocycles. The van der Waals surface area contributed by atoms with Crippen molar-refractivity contribution in [3.63, 3.8) is 0 Å². The van der Waals surface area contributed by atoms with E-state index in [4.69, 9.17) is 37.0 Å². The molecule has 0 saturated carbocycles. The molecule has 77 heavy (non-hydrogen) atoms. The number of non-ortho nitro benzene ring substituents is 1. The van der Waals surface area contributed by atoms with Crippen LogP contribution >= 0.6 is 16.1 Å². The normalized spacial score (nSPS) is 23.1. The molecule has 5 aromatic heterocycles. The molecule has 9 rings (SSSR count). The molecule has 3 N–H and O–H groups in total. The molecule has 0 bridgehead atoms. The zero-order valence-corrected chi connectivity index (χ0v) is 44.8. The SMILES string of the molecule is CC(C)(C)[Si](C)(C)O[C@@H]1[C@H](OP(=O)(OCCC#N)OC[C@H]2O[C@@H](n3cnc4c(NC(=O)c5ccccc5)ncnc43)[C@H](F)[C@@H]2O[PH](=O)O)[C@@H](CO)O[C@H]1n1cnc2c(=O)n3ccn(CCc4ccc([N+](=O)[O-])cc4)c3nc21. The lowest BCUT2D eigenvalue weighted by molar-refractivity contribution is -0.384. The number of carbonyl (C=O) groups is 1. The highest BCUT2D eigenvalue weighted by Crippen LogP contribution is 2.55. The highest BCUT2D eigenvalue weighted by atomic mass is 31.2. The molecule has 0 radical (unpaired) electrons. The second kappa shape index (κ2) is 22.5. The smallest absolute Gasteiger partial charge is 0.407 e. The van der Waals surface area contributed by atoms with Crippen molar-refractivity contribution in [3.05, 3.63) is 118 Å². The topological polar surface area (TPSA) is 336 Å². The molecule has 2 fully saturated rings. The zero-order chi connectivity index (χ0) is 55.0. The van der Waals surface area contributed by atoms with Crippen LogP contribution in [0.3, 0.4) is 0 Å². The Balaban J connectivity index is 1.01. The van der Waals surface area contributed by atoms with E-state index in [9.17, 15) is 39.5 Å². The van der Waals surface area contributed by atoms with Gasteiger partial charge in [0, 0.05) is 36.6 Å². The van der Waals surface area contributed by atoms with Gasteiger partial charge in [-0.1, -0.05) is 51.1 Å². The summed E-state index contributed by atoms with van der Waals surface area (Å²) in [6, 6.07) is 16.2. The lowest BCUT2D eigenvalue weighted by atomic mass is 10.1. The van der Waals surface area contributed by atoms with E-state index in [1.165, 1.54) is 33.6 Å². The van der Waals surface area contributed by atoms with Crippen molar-refractivity contribution in [1.29, 1.82) is 5.26 Å². The zero-order valence-electron chi connectivity index (χ0n) is 41.9. The van der Waals surface area contributed by atoms with Gasteiger partial charge in [-0.15, -0.1) is 0 Å². The van der Waals surface area contributed by atoms with Gasteiger partial charge in [0.05, 0.1) is 49.9 Å². The molecular weight excluding hydrogens is 1070 g/mol. The number of aromatic nitrogens is 9. The first-order chi connectivity index (χ1) is 36.7. The molecular formula is C46H53FN12O15P2Si. The number of alkyl halides is 1. The number of nitro groups is 1. The van der Waals surface area contributed by atoms with E-state index in [0.717, 1.165) is 22.8 Å². The second-order valence-corrected chi connectivity index (χ2v) is 26.6. The van der Waals surface area contributed by atoms with Gasteiger partial charge in [0.15, 0.2) is 55.1 Å². The predicted molar refractivity (Wildman–Crippen MR) is 272 cm³/mol. The fraction of sp³-hybridized carbons (Fsp3) is 0.435. The highest BCUT2D eigenvalue weighted by molar-refractivity contribution is 7.48. The average Bonchev–Trinajstić information content (AvgIpc) is 4.26. The molecule has 27 nitrogen and oxygen atoms in total. The van der Waals surface area contributed by atoms with Gasteiger partial charge < -0.3 is 38.3 Å². The van der Waals surface area contributed by atoms with Gasteiger partial charge >= 0.3 is 16.1 Å². The number of carbonyl (C=O) groups excluding carboxylic acids is 1. The average molecular weight is 1120 g/mol. The predicted octanol–water partition coefficient (Wildman–Crippen LogP) is 5.81. The fourth-order valence-electron chi connectivity index (χ4n) is 8.59. The first-order valence-corrected chi connectivity index (χ1v) is 29.6. The maximum atomic E-state index is 16.7. The van der Waals surface area contributed by atoms with Crippen molar-refractivity contribution in [3.8, 4) is 6.07 Å². The molecule has 0 spiro atoms. The van der Waals surface area contributed by atoms with Crippen LogP contribution in [0.25, 0.3) is 28.1 Å². The number of imidazole rings is 3. The molecule has 31 heteroatoms. The van der Waals surface area contributed by atoms with Crippen LogP contribution in [0.15, 0.2) is 90.8 Å². The number of fused-ring (bicyclic) bond motifs is 3. The molecule has 10 atom stereocenters. The number of nitrogens with one attached hydrogen (secondary N) is 1. The Morgan fingerprint density at radius 2 is 1.68 bits per heavy atom. The van der Waals surface area contributed by atoms with Gasteiger partial charge in [-0.2, -0.15) is 10.2 Å². The number of ether oxygens (including phenoxy) is 2. The molecule has 2 saturated heterocycles. The number of aliphatic hydroxyl groups is 1. The lowest BCUT2D eigenvalue weighted by Gasteiger charge is -2.40. The molecule has 408 valence electrons. The van der Waals surface area contributed by atoms with E-state index in [2.05, 4.69) is 25.3 Å². The van der Waals surface area contributed by atoms with Crippen molar-refractivity contribution in [2.24, 2.45) is 0 Å². The Labute approximate surface area is 438 Å². The summed E-state index contributed by atoms with van der Waals surface area (Å²) in [7, 11) is -11.8. The van der Waals surface area contributed by atoms with Crippen LogP contribution in [0.5, 0.6) is 0 Å². The Bertz CT molecular complexity index is 3480. The summed E-state index contributed by atoms with van der Waals surface area (Å²) in [5, 5.41) is 33.8. The second-order valence-electron chi connectivity index (χ2n) is 19.4. The summed E-state index contributed by atoms with van der Waals surface area (Å²) < 4.78 is 92.1. The van der Waals surface area contributed by atoms with Gasteiger partial charge in [0.2, 0.25) is 5.78 Å². The number of nitro benzene ring substituents is 1. The highest BCUT2D eigenvalue weighted by Gasteiger charge is 2.55. The first-order valence-electron chi connectivity index (χ1n) is 24.0. The van der Waals surface area contributed by atoms with E-state index in [0.29, 0.717) is 18.5 Å². The largest absolute Gasteiger partial charge is 0.475 e. The number of halogens is 1. The standard InChI is InChI=1S/C46H53FN12O15P2Si/c1-46(2,3)77(4,5)74-37-36(30(22-60)70-44(37)58-26-52-34-40(58)54-45-55(19-20-56(45)42(34)62)18-16-27-12-14-29(15-13-27)59(63)64)73-76(67,68-21-9-17-48)69-23-31-35(72-75(65)66)32(47)43(71-31)57-25-51-33-38(49-24-50-39(33)57)53-41(61)28-10-7-6-8-11-28/h6-8,10-15,19-20,24-26,30-32,35-37,43-44,60,75H,9,16,18,21-23H2,1-5H3,(H,65,66)(H,49,50,53,61)/t30-,31-,32-,35-,36-,37-,43-,44-,76?/m1/s1. The quantitative estimate of drug-likeness (QED) is 0.0251. The number of hydrogen-bond acceptors (Lipinski definition) is 20. The van der Waals surface area contributed by atoms with Crippen molar-refractivity contribution in [2.75, 3.05) is 25.1 Å². The van der Waals surface area contributed by atoms with Crippen LogP contribution < -0.4 is 10.9 Å². The third kappa shape index (κ3) is 11.4. The summed E-state index contributed by atoms with van der Waals surface area (Å²) in [6.07, 6.45) is -5.90. The molecule has 2 unspecified atom stereocenters. The molecule has 7 aromatic rings. The number of phosphoric ester groups is 1. The van der Waals surface area contributed by atoms with Crippen LogP contribution in [0.1, 0.15) is 55.6 Å². The van der Waals surface area contributed by atoms with Crippen LogP contribution in [-0.2, 0) is 54.1 Å². The van der Waals surface area contributed by atoms with E-state index in [1.807, 2.05) is 39.9 Å². The summed E-state index contributed by atoms with van der Waals surface area (Å²) in [5.41, 5.74) is 0.557. The number of phosphoric acid groups is 1. The molecule has 7 heterocycles. The lowest BCUT2D eigenvalue weighted by Crippen LogP contribution is -2.49. The summed E-state index contributed by atoms with van der Waals surface area (Å²) in [5.74, 6) is -0.313. The number of nitrogens with zero attached hydrogens (tertiary/aromatic N) is 11. The Hall–Kier alpha value is -6.51. The van der Waals surface area contributed by atoms with Crippen molar-refractivity contribution >= 4 is 69.9 Å². The fourth-order valence-corrected chi connectivity index (χ4v) is 11.8. The number of aryl methyl sites for hydroxylation is 2. The van der Waals surface area contributed by atoms with Gasteiger partial charge in [-0.05, 0) is 42.2 Å². The third-order valence-electron chi connectivity index (χ3n) is 13.5. The molecule has 1 amide bonds. The molecule has 2 aliphatic heterocycles. The summed E-state index contributed by atoms with van der Waals surface area (Å²) in [4.78, 5) is 69.6. The minimum atomic E-state index is -5.03. The number of benzene rings is 2. The van der Waals surface area contributed by atoms with Crippen LogP contribution in [0.2, 0.25) is 18.1 Å². The number of nitriles is 1. The minimum absolute atomic E-state index is 0.00964. The van der Waals surface area contributed by atoms with Crippen LogP contribution in [0, 0.1) is 21.4 Å². The number of aliphatic hydroxyl groups excluding tert-OH is 1. The monoisotopic (exact) mass is 1120 g/mol. The summed E-state index contributed by atoms with van der Waals surface area (Å²) >= 11 is 0. The number of hydrogen-bond donors (Lipinski definition) is 3.